The second-order valence-electron chi connectivity index (χ2n) is 45.6. The number of nitrogens with zero attached hydrogens (tertiary/aromatic N) is 11. The topological polar surface area (TPSA) is 183 Å². The normalized spacial score (nSPS) is 23.3. The number of hydrogen-bond donors (Lipinski definition) is 1. The van der Waals surface area contributed by atoms with Crippen LogP contribution in [0.15, 0.2) is 30.3 Å². The van der Waals surface area contributed by atoms with E-state index in [9.17, 15) is 28.2 Å². The van der Waals surface area contributed by atoms with Crippen molar-refractivity contribution in [3.63, 3.8) is 0 Å². The molecule has 20 nitrogen and oxygen atoms in total. The van der Waals surface area contributed by atoms with E-state index in [2.05, 4.69) is 241 Å². The molecule has 14 aliphatic rings. The van der Waals surface area contributed by atoms with Crippen LogP contribution in [0.3, 0.4) is 0 Å². The predicted octanol–water partition coefficient (Wildman–Crippen LogP) is 22.6. The van der Waals surface area contributed by atoms with Crippen LogP contribution in [0.5, 0.6) is 0 Å². The van der Waals surface area contributed by atoms with Gasteiger partial charge in [0.05, 0.1) is 13.2 Å². The van der Waals surface area contributed by atoms with Gasteiger partial charge in [-0.05, 0) is 340 Å². The highest BCUT2D eigenvalue weighted by atomic mass is 32.2. The SMILES string of the molecule is C=S1(=O)CCC(C(C)C)CC1.CC(=O)N1CCC(C(C)C)CC1.CC(C)C1CCC1.CC(C)C1CCCCC1.CC(C)C1CCOCC1.CC(C)N1CC(N)C1.CC(C)N1CCC1.CC(C)N1CCCC(c2ccccc2)C1.CC(C)N1CCCC1=O.CC(C)N1CCCC1=O.CC(C)N1CCCCC1.CC(C)N1CCCCC1=O.CC(C)N1CCN(C)C1=O.CC(C)N1CCOCC1. The Hall–Kier alpha value is -3.93. The maximum atomic E-state index is 11.5. The molecule has 6 amide bonds. The third-order valence-corrected chi connectivity index (χ3v) is 32.4. The van der Waals surface area contributed by atoms with Gasteiger partial charge in [-0.25, -0.2) is 4.79 Å². The fraction of sp³-hybridized carbons (Fsp3) is 0.894. The van der Waals surface area contributed by atoms with Crippen molar-refractivity contribution in [2.45, 2.75) is 440 Å². The average Bonchev–Trinajstić information content (AvgIpc) is 1.71. The Labute approximate surface area is 829 Å². The Morgan fingerprint density at radius 3 is 0.978 bits per heavy atom. The molecule has 0 aromatic heterocycles. The number of nitrogens with two attached hydrogens (primary N) is 1. The zero-order chi connectivity index (χ0) is 101. The van der Waals surface area contributed by atoms with E-state index in [-0.39, 0.29) is 11.9 Å². The lowest BCUT2D eigenvalue weighted by Gasteiger charge is -2.39. The van der Waals surface area contributed by atoms with Crippen LogP contribution in [0.1, 0.15) is 386 Å². The van der Waals surface area contributed by atoms with Crippen molar-refractivity contribution in [3.8, 4) is 0 Å². The lowest BCUT2D eigenvalue weighted by molar-refractivity contribution is -0.135. The Kier molecular flexibility index (Phi) is 66.5. The molecule has 15 rings (SSSR count). The third kappa shape index (κ3) is 53.8. The van der Waals surface area contributed by atoms with Crippen molar-refractivity contribution in [1.29, 1.82) is 0 Å². The number of ether oxygens (including phenoxy) is 2. The van der Waals surface area contributed by atoms with Crippen molar-refractivity contribution < 1.29 is 37.7 Å². The van der Waals surface area contributed by atoms with Crippen molar-refractivity contribution in [2.75, 3.05) is 156 Å². The second kappa shape index (κ2) is 70.7. The van der Waals surface area contributed by atoms with Gasteiger partial charge in [0.15, 0.2) is 0 Å². The minimum absolute atomic E-state index is 0.162. The lowest BCUT2D eigenvalue weighted by atomic mass is 9.78. The molecule has 2 aliphatic carbocycles. The van der Waals surface area contributed by atoms with Crippen LogP contribution in [0.2, 0.25) is 0 Å². The van der Waals surface area contributed by atoms with E-state index in [1.54, 1.807) is 11.8 Å². The number of likely N-dealkylation sites (N-methyl/N-ethyl adjacent to an activating group) is 1. The number of piperidine rings is 4. The molecule has 0 radical (unpaired) electrons. The molecule has 0 bridgehead atoms. The molecule has 12 saturated heterocycles. The molecule has 14 fully saturated rings. The Morgan fingerprint density at radius 1 is 0.336 bits per heavy atom. The largest absolute Gasteiger partial charge is 0.381 e. The Balaban J connectivity index is 0.000000490. The van der Waals surface area contributed by atoms with Crippen LogP contribution in [0, 0.1) is 59.2 Å². The number of carbonyl (C=O) groups is 5. The standard InChI is InChI=1S/C14H21N.C10H19NO.C9H18OS.C9H18.C8H15NO.C8H17N.C8H16O.C7H14N2O.C7H15NO.2C7H13NO.C7H14.C6H14N2.C6H13N/c1-12(2)15-10-6-9-14(11-15)13-7-4-3-5-8-13;1-8(2)10-4-6-11(7-5-10)9(3)12;1-8(2)9-4-6-11(3,10)7-5-9;1-8(2)9-6-4-3-5-7-9;1-7(2)9-6-4-3-5-8(9)10;1-8(2)9-6-4-3-5-7-9;1-7(2)8-3-5-9-6-4-8;1-6(2)9-5-4-8(3)7(9)10;1-7(2)8-3-5-9-6-4-8;2*1-6(2)8-5-3-4-7(8)9;1-6(2)7-4-3-5-7;1-5(2)8-3-6(7)4-8;1-6(2)7-4-3-5-7/h3-5,7-8,12,14H,6,9-11H2,1-2H3;8,10H,4-7H2,1-3H3;8-9H,3-7H2,1-2H3;8-9H,3-7H2,1-2H3;7H,3-6H2,1-2H3;8H,3-7H2,1-2H3;7-8H,3-6H2,1-2H3;6H,4-5H2,1-3H3;7H,3-6H2,1-2H3;2*6H,3-5H2,1-2H3;6-7H,3-5H2,1-2H3;5-6H,3-4,7H2,1-2H3;6H,3-5H2,1-2H3. The molecule has 786 valence electrons. The minimum Gasteiger partial charge on any atom is -0.381 e. The summed E-state index contributed by atoms with van der Waals surface area (Å²) in [5.41, 5.74) is 7.08. The Morgan fingerprint density at radius 2 is 0.687 bits per heavy atom. The van der Waals surface area contributed by atoms with Gasteiger partial charge in [0.2, 0.25) is 23.6 Å². The van der Waals surface area contributed by atoms with Crippen LogP contribution >= 0.6 is 0 Å². The monoisotopic (exact) mass is 1910 g/mol. The van der Waals surface area contributed by atoms with Crippen LogP contribution in [-0.4, -0.2) is 310 Å². The first-order valence-electron chi connectivity index (χ1n) is 55.3. The van der Waals surface area contributed by atoms with Gasteiger partial charge in [-0.1, -0.05) is 157 Å². The third-order valence-electron chi connectivity index (χ3n) is 30.4. The first-order valence-corrected chi connectivity index (χ1v) is 57.4. The fourth-order valence-corrected chi connectivity index (χ4v) is 21.3. The van der Waals surface area contributed by atoms with Gasteiger partial charge in [0.25, 0.3) is 0 Å². The van der Waals surface area contributed by atoms with Crippen LogP contribution in [-0.2, 0) is 38.2 Å². The van der Waals surface area contributed by atoms with Crippen LogP contribution in [0.25, 0.3) is 0 Å². The summed E-state index contributed by atoms with van der Waals surface area (Å²) in [5.74, 6) is 16.4. The van der Waals surface area contributed by atoms with Crippen molar-refractivity contribution in [1.82, 2.24) is 53.9 Å². The van der Waals surface area contributed by atoms with Crippen LogP contribution < -0.4 is 5.73 Å². The molecular weight excluding hydrogens is 1690 g/mol. The lowest BCUT2D eigenvalue weighted by Crippen LogP contribution is -2.57. The highest BCUT2D eigenvalue weighted by molar-refractivity contribution is 8.00. The number of urea groups is 1. The van der Waals surface area contributed by atoms with Crippen LogP contribution in [0.4, 0.5) is 4.79 Å². The van der Waals surface area contributed by atoms with Gasteiger partial charge in [-0.2, -0.15) is 0 Å². The van der Waals surface area contributed by atoms with Gasteiger partial charge in [-0.3, -0.25) is 33.2 Å². The quantitative estimate of drug-likeness (QED) is 0.164. The van der Waals surface area contributed by atoms with Crippen molar-refractivity contribution in [2.24, 2.45) is 64.9 Å². The number of likely N-dealkylation sites (tertiary alicyclic amines) is 8. The first kappa shape index (κ1) is 126. The average molecular weight is 1910 g/mol. The molecule has 1 atom stereocenters. The van der Waals surface area contributed by atoms with Crippen molar-refractivity contribution >= 4 is 45.1 Å². The molecule has 134 heavy (non-hydrogen) atoms. The van der Waals surface area contributed by atoms with Gasteiger partial charge in [0.1, 0.15) is 0 Å². The molecule has 1 aromatic carbocycles. The zero-order valence-electron chi connectivity index (χ0n) is 93.2. The van der Waals surface area contributed by atoms with Gasteiger partial charge >= 0.3 is 6.03 Å². The number of benzene rings is 1. The number of amides is 6. The summed E-state index contributed by atoms with van der Waals surface area (Å²) in [6.45, 7) is 86.3. The summed E-state index contributed by atoms with van der Waals surface area (Å²) < 4.78 is 21.9. The molecule has 1 unspecified atom stereocenters. The number of hydrogen-bond acceptors (Lipinski definition) is 14. The summed E-state index contributed by atoms with van der Waals surface area (Å²) in [6.07, 6.45) is 34.2. The summed E-state index contributed by atoms with van der Waals surface area (Å²) in [7, 11) is 0.189. The van der Waals surface area contributed by atoms with E-state index in [0.29, 0.717) is 66.1 Å². The van der Waals surface area contributed by atoms with Gasteiger partial charge < -0.3 is 59.3 Å². The fourth-order valence-electron chi connectivity index (χ4n) is 19.6. The molecule has 0 spiro atoms. The first-order chi connectivity index (χ1) is 63.2. The maximum Gasteiger partial charge on any atom is 0.320 e. The van der Waals surface area contributed by atoms with E-state index in [0.717, 1.165) is 238 Å². The maximum absolute atomic E-state index is 11.5. The van der Waals surface area contributed by atoms with E-state index >= 15 is 0 Å². The Bertz CT molecular complexity index is 3070. The molecule has 12 aliphatic heterocycles. The van der Waals surface area contributed by atoms with Crippen molar-refractivity contribution in [3.05, 3.63) is 35.9 Å². The van der Waals surface area contributed by atoms with E-state index in [1.807, 2.05) is 45.4 Å². The summed E-state index contributed by atoms with van der Waals surface area (Å²) in [4.78, 5) is 79.1. The van der Waals surface area contributed by atoms with E-state index in [4.69, 9.17) is 15.2 Å². The molecule has 2 saturated carbocycles. The van der Waals surface area contributed by atoms with Gasteiger partial charge in [-0.15, -0.1) is 0 Å². The van der Waals surface area contributed by atoms with Gasteiger partial charge in [0, 0.05) is 197 Å². The highest BCUT2D eigenvalue weighted by Gasteiger charge is 2.31. The smallest absolute Gasteiger partial charge is 0.320 e. The number of carbonyl (C=O) groups excluding carboxylic acids is 5. The second-order valence-corrected chi connectivity index (χ2v) is 48.3. The zero-order valence-corrected chi connectivity index (χ0v) is 94.1. The molecule has 1 aromatic rings. The summed E-state index contributed by atoms with van der Waals surface area (Å²) in [6, 6.07) is 16.7. The summed E-state index contributed by atoms with van der Waals surface area (Å²) in [5, 5.41) is 0. The van der Waals surface area contributed by atoms with E-state index in [1.165, 1.54) is 167 Å². The molecular formula is C113H220N12O8S. The van der Waals surface area contributed by atoms with E-state index < -0.39 is 9.52 Å². The highest BCUT2D eigenvalue weighted by Crippen LogP contribution is 2.34. The number of rotatable bonds is 15. The molecule has 12 heterocycles. The molecule has 2 N–H and O–H groups in total. The predicted molar refractivity (Wildman–Crippen MR) is 576 cm³/mol. The minimum atomic E-state index is -1.65. The number of morpholine rings is 1. The molecule has 21 heteroatoms. The summed E-state index contributed by atoms with van der Waals surface area (Å²) >= 11 is 0.